The number of hydrogen-bond acceptors (Lipinski definition) is 5. The van der Waals surface area contributed by atoms with E-state index < -0.39 is 0 Å². The van der Waals surface area contributed by atoms with Gasteiger partial charge in [0.1, 0.15) is 0 Å². The number of aromatic nitrogens is 1. The van der Waals surface area contributed by atoms with Gasteiger partial charge in [0.15, 0.2) is 11.5 Å². The number of hydrogen-bond donors (Lipinski definition) is 0. The monoisotopic (exact) mass is 344 g/mol. The lowest BCUT2D eigenvalue weighted by atomic mass is 10.2. The Kier molecular flexibility index (Phi) is 4.85. The van der Waals surface area contributed by atoms with Gasteiger partial charge in [-0.25, -0.2) is 4.98 Å². The molecule has 1 aromatic heterocycles. The summed E-state index contributed by atoms with van der Waals surface area (Å²) in [5.41, 5.74) is 3.73. The second-order valence-corrected chi connectivity index (χ2v) is 6.54. The van der Waals surface area contributed by atoms with Crippen LogP contribution in [0.3, 0.4) is 0 Å². The van der Waals surface area contributed by atoms with Gasteiger partial charge in [0.25, 0.3) is 5.91 Å². The van der Waals surface area contributed by atoms with Crippen molar-refractivity contribution in [3.63, 3.8) is 0 Å². The molecule has 5 nitrogen and oxygen atoms in total. The Bertz CT molecular complexity index is 752. The predicted molar refractivity (Wildman–Crippen MR) is 95.0 cm³/mol. The van der Waals surface area contributed by atoms with Crippen LogP contribution in [0.5, 0.6) is 11.5 Å². The molecule has 1 fully saturated rings. The molecule has 0 radical (unpaired) electrons. The summed E-state index contributed by atoms with van der Waals surface area (Å²) in [6.07, 6.45) is 3.69. The molecule has 3 rings (SSSR count). The lowest BCUT2D eigenvalue weighted by Gasteiger charge is -2.22. The molecule has 0 atom stereocenters. The Morgan fingerprint density at radius 2 is 2.12 bits per heavy atom. The molecule has 1 aliphatic rings. The van der Waals surface area contributed by atoms with Crippen LogP contribution < -0.4 is 14.4 Å². The van der Waals surface area contributed by atoms with Crippen LogP contribution in [0, 0.1) is 0 Å². The molecule has 1 heterocycles. The van der Waals surface area contributed by atoms with Crippen molar-refractivity contribution in [3.8, 4) is 11.5 Å². The molecule has 6 heteroatoms. The van der Waals surface area contributed by atoms with Crippen molar-refractivity contribution in [1.29, 1.82) is 0 Å². The number of carbonyl (C=O) groups is 1. The standard InChI is InChI=1S/C18H20N2O3S/c1-4-17(21)20(10-16-18(12-5-6-12)19-11-24-16)13-7-8-14(22-2)15(9-13)23-3/h4,7-9,11-12H,1,5-6,10H2,2-3H3. The highest BCUT2D eigenvalue weighted by atomic mass is 32.1. The molecule has 1 saturated carbocycles. The zero-order valence-corrected chi connectivity index (χ0v) is 14.6. The fourth-order valence-electron chi connectivity index (χ4n) is 2.63. The summed E-state index contributed by atoms with van der Waals surface area (Å²) in [6, 6.07) is 5.45. The van der Waals surface area contributed by atoms with Gasteiger partial charge in [0.2, 0.25) is 0 Å². The second-order valence-electron chi connectivity index (χ2n) is 5.60. The van der Waals surface area contributed by atoms with E-state index in [2.05, 4.69) is 11.6 Å². The SMILES string of the molecule is C=CC(=O)N(Cc1scnc1C1CC1)c1ccc(OC)c(OC)c1. The topological polar surface area (TPSA) is 51.7 Å². The number of anilines is 1. The third kappa shape index (κ3) is 3.28. The first kappa shape index (κ1) is 16.5. The fraction of sp³-hybridized carbons (Fsp3) is 0.333. The summed E-state index contributed by atoms with van der Waals surface area (Å²) in [7, 11) is 3.17. The van der Waals surface area contributed by atoms with Gasteiger partial charge in [0.05, 0.1) is 32.0 Å². The van der Waals surface area contributed by atoms with Crippen molar-refractivity contribution in [2.75, 3.05) is 19.1 Å². The van der Waals surface area contributed by atoms with E-state index in [1.54, 1.807) is 42.6 Å². The fourth-order valence-corrected chi connectivity index (χ4v) is 3.47. The number of methoxy groups -OCH3 is 2. The lowest BCUT2D eigenvalue weighted by Crippen LogP contribution is -2.28. The van der Waals surface area contributed by atoms with Crippen molar-refractivity contribution in [2.24, 2.45) is 0 Å². The highest BCUT2D eigenvalue weighted by Gasteiger charge is 2.29. The summed E-state index contributed by atoms with van der Waals surface area (Å²) in [5.74, 6) is 1.61. The average molecular weight is 344 g/mol. The minimum Gasteiger partial charge on any atom is -0.493 e. The summed E-state index contributed by atoms with van der Waals surface area (Å²) in [6.45, 7) is 4.11. The van der Waals surface area contributed by atoms with Crippen LogP contribution in [0.4, 0.5) is 5.69 Å². The maximum absolute atomic E-state index is 12.4. The van der Waals surface area contributed by atoms with Gasteiger partial charge in [0, 0.05) is 22.5 Å². The van der Waals surface area contributed by atoms with Crippen molar-refractivity contribution >= 4 is 22.9 Å². The smallest absolute Gasteiger partial charge is 0.250 e. The van der Waals surface area contributed by atoms with Crippen molar-refractivity contribution < 1.29 is 14.3 Å². The van der Waals surface area contributed by atoms with Crippen LogP contribution in [0.25, 0.3) is 0 Å². The number of nitrogens with zero attached hydrogens (tertiary/aromatic N) is 2. The van der Waals surface area contributed by atoms with Gasteiger partial charge in [-0.05, 0) is 31.1 Å². The number of carbonyl (C=O) groups excluding carboxylic acids is 1. The Morgan fingerprint density at radius 3 is 2.75 bits per heavy atom. The van der Waals surface area contributed by atoms with E-state index in [1.807, 2.05) is 11.6 Å². The van der Waals surface area contributed by atoms with E-state index >= 15 is 0 Å². The molecule has 126 valence electrons. The molecule has 0 N–H and O–H groups in total. The maximum atomic E-state index is 12.4. The van der Waals surface area contributed by atoms with Crippen LogP contribution >= 0.6 is 11.3 Å². The summed E-state index contributed by atoms with van der Waals surface area (Å²) in [5, 5.41) is 0. The minimum atomic E-state index is -0.155. The van der Waals surface area contributed by atoms with Gasteiger partial charge in [-0.15, -0.1) is 11.3 Å². The van der Waals surface area contributed by atoms with E-state index in [4.69, 9.17) is 9.47 Å². The Morgan fingerprint density at radius 1 is 1.38 bits per heavy atom. The summed E-state index contributed by atoms with van der Waals surface area (Å²) >= 11 is 1.59. The molecule has 2 aromatic rings. The molecule has 1 aliphatic carbocycles. The molecule has 24 heavy (non-hydrogen) atoms. The van der Waals surface area contributed by atoms with E-state index in [9.17, 15) is 4.79 Å². The molecule has 1 amide bonds. The van der Waals surface area contributed by atoms with E-state index in [1.165, 1.54) is 18.9 Å². The van der Waals surface area contributed by atoms with Crippen molar-refractivity contribution in [1.82, 2.24) is 4.98 Å². The predicted octanol–water partition coefficient (Wildman–Crippen LogP) is 3.76. The van der Waals surface area contributed by atoms with Crippen molar-refractivity contribution in [3.05, 3.63) is 46.9 Å². The number of rotatable bonds is 7. The first-order valence-corrected chi connectivity index (χ1v) is 8.64. The molecule has 0 spiro atoms. The van der Waals surface area contributed by atoms with Gasteiger partial charge in [-0.2, -0.15) is 0 Å². The molecule has 0 saturated heterocycles. The van der Waals surface area contributed by atoms with Crippen LogP contribution in [-0.4, -0.2) is 25.1 Å². The zero-order chi connectivity index (χ0) is 17.1. The summed E-state index contributed by atoms with van der Waals surface area (Å²) in [4.78, 5) is 19.7. The third-order valence-corrected chi connectivity index (χ3v) is 4.89. The Hall–Kier alpha value is -2.34. The Balaban J connectivity index is 1.93. The van der Waals surface area contributed by atoms with Crippen LogP contribution in [-0.2, 0) is 11.3 Å². The van der Waals surface area contributed by atoms with Gasteiger partial charge < -0.3 is 14.4 Å². The highest BCUT2D eigenvalue weighted by molar-refractivity contribution is 7.09. The number of thiazole rings is 1. The maximum Gasteiger partial charge on any atom is 0.250 e. The molecule has 0 bridgehead atoms. The van der Waals surface area contributed by atoms with Gasteiger partial charge in [-0.3, -0.25) is 4.79 Å². The van der Waals surface area contributed by atoms with E-state index in [0.717, 1.165) is 16.3 Å². The first-order valence-electron chi connectivity index (χ1n) is 7.76. The van der Waals surface area contributed by atoms with Crippen LogP contribution in [0.2, 0.25) is 0 Å². The van der Waals surface area contributed by atoms with Crippen LogP contribution in [0.1, 0.15) is 29.3 Å². The molecular formula is C18H20N2O3S. The first-order chi connectivity index (χ1) is 11.7. The minimum absolute atomic E-state index is 0.155. The molecule has 0 aliphatic heterocycles. The molecule has 0 unspecified atom stereocenters. The van der Waals surface area contributed by atoms with Gasteiger partial charge >= 0.3 is 0 Å². The van der Waals surface area contributed by atoms with Crippen LogP contribution in [0.15, 0.2) is 36.4 Å². The quantitative estimate of drug-likeness (QED) is 0.718. The third-order valence-electron chi connectivity index (χ3n) is 4.06. The average Bonchev–Trinajstić information content (AvgIpc) is 3.36. The normalized spacial score (nSPS) is 13.4. The number of ether oxygens (including phenoxy) is 2. The van der Waals surface area contributed by atoms with Gasteiger partial charge in [-0.1, -0.05) is 6.58 Å². The summed E-state index contributed by atoms with van der Waals surface area (Å²) < 4.78 is 10.6. The van der Waals surface area contributed by atoms with E-state index in [0.29, 0.717) is 24.0 Å². The second kappa shape index (κ2) is 7.05. The Labute approximate surface area is 145 Å². The molecule has 1 aromatic carbocycles. The zero-order valence-electron chi connectivity index (χ0n) is 13.8. The highest BCUT2D eigenvalue weighted by Crippen LogP contribution is 2.42. The van der Waals surface area contributed by atoms with E-state index in [-0.39, 0.29) is 5.91 Å². The largest absolute Gasteiger partial charge is 0.493 e. The molecular weight excluding hydrogens is 324 g/mol. The van der Waals surface area contributed by atoms with Crippen molar-refractivity contribution in [2.45, 2.75) is 25.3 Å². The number of benzene rings is 1. The number of amides is 1. The lowest BCUT2D eigenvalue weighted by molar-refractivity contribution is -0.114.